The second kappa shape index (κ2) is 9.79. The molecule has 1 aromatic heterocycles. The van der Waals surface area contributed by atoms with Crippen LogP contribution in [-0.2, 0) is 0 Å². The Bertz CT molecular complexity index is 1300. The minimum atomic E-state index is -1.17. The van der Waals surface area contributed by atoms with Gasteiger partial charge >= 0.3 is 0 Å². The van der Waals surface area contributed by atoms with Crippen molar-refractivity contribution in [3.63, 3.8) is 0 Å². The summed E-state index contributed by atoms with van der Waals surface area (Å²) in [6, 6.07) is 12.5. The van der Waals surface area contributed by atoms with Crippen molar-refractivity contribution >= 4 is 34.3 Å². The Kier molecular flexibility index (Phi) is 6.41. The van der Waals surface area contributed by atoms with E-state index >= 15 is 0 Å². The third kappa shape index (κ3) is 5.29. The van der Waals surface area contributed by atoms with E-state index < -0.39 is 17.5 Å². The van der Waals surface area contributed by atoms with E-state index in [2.05, 4.69) is 31.0 Å². The van der Waals surface area contributed by atoms with Gasteiger partial charge in [-0.2, -0.15) is 5.10 Å². The first-order valence-corrected chi connectivity index (χ1v) is 11.9. The molecule has 0 radical (unpaired) electrons. The molecule has 2 aliphatic heterocycles. The number of hydrogen-bond donors (Lipinski definition) is 4. The molecular weight excluding hydrogens is 472 g/mol. The van der Waals surface area contributed by atoms with Crippen molar-refractivity contribution in [2.75, 3.05) is 23.7 Å². The highest BCUT2D eigenvalue weighted by Crippen LogP contribution is 2.27. The fourth-order valence-electron chi connectivity index (χ4n) is 3.60. The van der Waals surface area contributed by atoms with E-state index in [-0.39, 0.29) is 11.7 Å². The molecule has 2 aromatic carbocycles. The number of aliphatic imine (C=N–C) groups is 1. The number of benzene rings is 2. The van der Waals surface area contributed by atoms with E-state index in [9.17, 15) is 13.6 Å². The number of nitrogens with zero attached hydrogens (tertiary/aromatic N) is 3. The molecule has 3 aromatic rings. The quantitative estimate of drug-likeness (QED) is 0.408. The Labute approximate surface area is 204 Å². The molecule has 8 nitrogen and oxygen atoms in total. The van der Waals surface area contributed by atoms with Gasteiger partial charge in [0, 0.05) is 41.5 Å². The Hall–Kier alpha value is -3.86. The molecule has 5 rings (SSSR count). The molecule has 180 valence electrons. The molecule has 1 unspecified atom stereocenters. The first-order valence-electron chi connectivity index (χ1n) is 11.1. The van der Waals surface area contributed by atoms with E-state index in [1.165, 1.54) is 23.9 Å². The minimum absolute atomic E-state index is 0.187. The van der Waals surface area contributed by atoms with Gasteiger partial charge in [0.15, 0.2) is 16.8 Å². The first kappa shape index (κ1) is 22.9. The highest BCUT2D eigenvalue weighted by molar-refractivity contribution is 8.13. The fourth-order valence-corrected chi connectivity index (χ4v) is 4.42. The van der Waals surface area contributed by atoms with Crippen LogP contribution in [0.2, 0.25) is 0 Å². The summed E-state index contributed by atoms with van der Waals surface area (Å²) in [7, 11) is 0. The van der Waals surface area contributed by atoms with E-state index in [0.29, 0.717) is 5.69 Å². The van der Waals surface area contributed by atoms with Crippen LogP contribution in [0, 0.1) is 18.6 Å². The summed E-state index contributed by atoms with van der Waals surface area (Å²) >= 11 is 1.45. The molecule has 0 aliphatic carbocycles. The third-order valence-corrected chi connectivity index (χ3v) is 6.43. The van der Waals surface area contributed by atoms with Gasteiger partial charge in [-0.3, -0.25) is 9.89 Å². The largest absolute Gasteiger partial charge is 0.357 e. The molecule has 1 fully saturated rings. The topological polar surface area (TPSA) is 97.4 Å². The first-order chi connectivity index (χ1) is 16.9. The lowest BCUT2D eigenvalue weighted by Crippen LogP contribution is -2.44. The molecule has 35 heavy (non-hydrogen) atoms. The highest BCUT2D eigenvalue weighted by Gasteiger charge is 2.24. The van der Waals surface area contributed by atoms with E-state index in [0.717, 1.165) is 53.0 Å². The highest BCUT2D eigenvalue weighted by atomic mass is 32.2. The number of aromatic nitrogens is 2. The lowest BCUT2D eigenvalue weighted by Gasteiger charge is -2.36. The van der Waals surface area contributed by atoms with Crippen LogP contribution in [0.15, 0.2) is 70.3 Å². The Morgan fingerprint density at radius 1 is 1.17 bits per heavy atom. The maximum atomic E-state index is 13.9. The number of nitrogens with one attached hydrogen (secondary N) is 4. The van der Waals surface area contributed by atoms with Gasteiger partial charge in [0.25, 0.3) is 5.91 Å². The number of H-pyrrole nitrogens is 1. The fraction of sp³-hybridized carbons (Fsp3) is 0.208. The number of thioether (sulfide) groups is 1. The number of aryl methyl sites for hydroxylation is 1. The van der Waals surface area contributed by atoms with Crippen LogP contribution >= 0.6 is 11.8 Å². The van der Waals surface area contributed by atoms with Crippen LogP contribution in [0.4, 0.5) is 20.3 Å². The number of carbonyl (C=O) groups is 1. The zero-order valence-corrected chi connectivity index (χ0v) is 19.6. The van der Waals surface area contributed by atoms with Gasteiger partial charge in [0.05, 0.1) is 5.56 Å². The normalized spacial score (nSPS) is 17.1. The number of aromatic amines is 1. The molecule has 1 atom stereocenters. The number of anilines is 2. The Balaban J connectivity index is 1.26. The predicted octanol–water partition coefficient (Wildman–Crippen LogP) is 4.29. The maximum Gasteiger partial charge on any atom is 0.258 e. The van der Waals surface area contributed by atoms with Crippen LogP contribution in [0.25, 0.3) is 0 Å². The van der Waals surface area contributed by atoms with Crippen LogP contribution < -0.4 is 16.0 Å². The van der Waals surface area contributed by atoms with E-state index in [4.69, 9.17) is 4.99 Å². The van der Waals surface area contributed by atoms with Gasteiger partial charge in [-0.15, -0.1) is 0 Å². The predicted molar refractivity (Wildman–Crippen MR) is 132 cm³/mol. The van der Waals surface area contributed by atoms with Gasteiger partial charge < -0.3 is 20.9 Å². The van der Waals surface area contributed by atoms with Crippen molar-refractivity contribution in [1.82, 2.24) is 20.4 Å². The summed E-state index contributed by atoms with van der Waals surface area (Å²) in [6.45, 7) is 3.89. The monoisotopic (exact) mass is 495 g/mol. The van der Waals surface area contributed by atoms with Crippen LogP contribution in [-0.4, -0.2) is 45.4 Å². The molecule has 1 saturated heterocycles. The molecule has 0 saturated carbocycles. The average Bonchev–Trinajstić information content (AvgIpc) is 3.20. The lowest BCUT2D eigenvalue weighted by molar-refractivity contribution is 0.102. The number of hydrogen-bond acceptors (Lipinski definition) is 7. The molecule has 2 aliphatic rings. The van der Waals surface area contributed by atoms with Crippen molar-refractivity contribution in [2.45, 2.75) is 24.4 Å². The molecule has 11 heteroatoms. The van der Waals surface area contributed by atoms with E-state index in [1.807, 2.05) is 31.2 Å². The van der Waals surface area contributed by atoms with Gasteiger partial charge in [-0.05, 0) is 49.7 Å². The van der Waals surface area contributed by atoms with Crippen molar-refractivity contribution in [3.05, 3.63) is 83.3 Å². The summed E-state index contributed by atoms with van der Waals surface area (Å²) in [5, 5.41) is 17.2. The smallest absolute Gasteiger partial charge is 0.258 e. The second-order valence-electron chi connectivity index (χ2n) is 8.17. The molecular formula is C24H23F2N7OS. The molecule has 1 amide bonds. The zero-order valence-electron chi connectivity index (χ0n) is 18.8. The maximum absolute atomic E-state index is 13.9. The second-order valence-corrected chi connectivity index (χ2v) is 9.23. The van der Waals surface area contributed by atoms with E-state index in [1.54, 1.807) is 12.1 Å². The van der Waals surface area contributed by atoms with Crippen molar-refractivity contribution < 1.29 is 13.6 Å². The molecule has 3 heterocycles. The van der Waals surface area contributed by atoms with Crippen molar-refractivity contribution in [1.29, 1.82) is 0 Å². The summed E-state index contributed by atoms with van der Waals surface area (Å²) in [6.07, 6.45) is 3.00. The zero-order chi connectivity index (χ0) is 24.4. The minimum Gasteiger partial charge on any atom is -0.357 e. The Morgan fingerprint density at radius 2 is 1.97 bits per heavy atom. The molecule has 0 bridgehead atoms. The number of carbonyl (C=O) groups excluding carboxylic acids is 1. The third-order valence-electron chi connectivity index (χ3n) is 5.52. The average molecular weight is 496 g/mol. The van der Waals surface area contributed by atoms with Gasteiger partial charge in [-0.1, -0.05) is 17.8 Å². The van der Waals surface area contributed by atoms with Crippen LogP contribution in [0.5, 0.6) is 0 Å². The summed E-state index contributed by atoms with van der Waals surface area (Å²) in [5.41, 5.74) is 1.09. The number of halogens is 2. The summed E-state index contributed by atoms with van der Waals surface area (Å²) in [4.78, 5) is 20.2. The lowest BCUT2D eigenvalue weighted by atomic mass is 10.2. The van der Waals surface area contributed by atoms with Crippen molar-refractivity contribution in [3.8, 4) is 0 Å². The number of amidine groups is 1. The molecule has 0 spiro atoms. The number of amides is 1. The standard InChI is InChI=1S/C24H23F2N7OS/c1-14-12-20(32-31-14)28-19-13-21(33-10-3-11-33)30-24(29-19)35-16-8-6-15(7-9-16)27-23(34)17-4-2-5-18(25)22(17)26/h2,4-9,12-13,19H,3,10-11H2,1H3,(H,27,34)(H,29,30)(H2,28,31,32). The molecule has 4 N–H and O–H groups in total. The van der Waals surface area contributed by atoms with Gasteiger partial charge in [0.2, 0.25) is 0 Å². The Morgan fingerprint density at radius 3 is 2.66 bits per heavy atom. The number of rotatable bonds is 6. The SMILES string of the molecule is Cc1cc(NC2C=C(N3CCC3)N=C(Sc3ccc(NC(=O)c4cccc(F)c4F)cc3)N2)n[nH]1. The summed E-state index contributed by atoms with van der Waals surface area (Å²) in [5.74, 6) is -1.30. The van der Waals surface area contributed by atoms with Crippen LogP contribution in [0.1, 0.15) is 22.5 Å². The summed E-state index contributed by atoms with van der Waals surface area (Å²) < 4.78 is 27.3. The van der Waals surface area contributed by atoms with Gasteiger partial charge in [-0.25, -0.2) is 13.8 Å². The van der Waals surface area contributed by atoms with Gasteiger partial charge in [0.1, 0.15) is 17.8 Å². The number of likely N-dealkylation sites (tertiary alicyclic amines) is 1. The van der Waals surface area contributed by atoms with Crippen molar-refractivity contribution in [2.24, 2.45) is 4.99 Å². The van der Waals surface area contributed by atoms with Crippen LogP contribution in [0.3, 0.4) is 0 Å².